The summed E-state index contributed by atoms with van der Waals surface area (Å²) in [5.41, 5.74) is 0. The molecule has 0 aromatic carbocycles. The fraction of sp³-hybridized carbons (Fsp3) is 0.800. The monoisotopic (exact) mass is 214 g/mol. The number of nitrogens with zero attached hydrogens (tertiary/aromatic N) is 1. The highest BCUT2D eigenvalue weighted by Crippen LogP contribution is 2.05. The third-order valence-corrected chi connectivity index (χ3v) is 1.98. The molecule has 0 aliphatic rings. The molecule has 0 radical (unpaired) electrons. The Morgan fingerprint density at radius 1 is 1.67 bits per heavy atom. The SMILES string of the molecule is CCCC(C#N)C(=O)NC(CO)COC. The zero-order valence-corrected chi connectivity index (χ0v) is 9.19. The summed E-state index contributed by atoms with van der Waals surface area (Å²) in [5.74, 6) is -0.976. The second-order valence-electron chi connectivity index (χ2n) is 3.31. The molecular formula is C10H18N2O3. The Labute approximate surface area is 90.0 Å². The van der Waals surface area contributed by atoms with Crippen LogP contribution in [0.25, 0.3) is 0 Å². The summed E-state index contributed by atoms with van der Waals surface area (Å²) in [6.07, 6.45) is 1.31. The van der Waals surface area contributed by atoms with Crippen molar-refractivity contribution >= 4 is 5.91 Å². The second-order valence-corrected chi connectivity index (χ2v) is 3.31. The fourth-order valence-corrected chi connectivity index (χ4v) is 1.19. The number of rotatable bonds is 7. The molecule has 0 saturated carbocycles. The van der Waals surface area contributed by atoms with Crippen LogP contribution >= 0.6 is 0 Å². The van der Waals surface area contributed by atoms with Gasteiger partial charge in [0.2, 0.25) is 5.91 Å². The Hall–Kier alpha value is -1.12. The first-order chi connectivity index (χ1) is 7.19. The highest BCUT2D eigenvalue weighted by Gasteiger charge is 2.19. The largest absolute Gasteiger partial charge is 0.394 e. The van der Waals surface area contributed by atoms with E-state index < -0.39 is 12.0 Å². The van der Waals surface area contributed by atoms with Crippen molar-refractivity contribution in [1.82, 2.24) is 5.32 Å². The first-order valence-corrected chi connectivity index (χ1v) is 4.99. The summed E-state index contributed by atoms with van der Waals surface area (Å²) < 4.78 is 4.81. The van der Waals surface area contributed by atoms with Crippen molar-refractivity contribution in [3.63, 3.8) is 0 Å². The molecule has 0 aliphatic carbocycles. The predicted molar refractivity (Wildman–Crippen MR) is 54.9 cm³/mol. The van der Waals surface area contributed by atoms with Gasteiger partial charge in [-0.05, 0) is 6.42 Å². The maximum atomic E-state index is 11.5. The van der Waals surface area contributed by atoms with E-state index in [0.717, 1.165) is 6.42 Å². The minimum atomic E-state index is -0.638. The number of carbonyl (C=O) groups excluding carboxylic acids is 1. The molecule has 0 spiro atoms. The van der Waals surface area contributed by atoms with E-state index >= 15 is 0 Å². The molecule has 0 bridgehead atoms. The minimum Gasteiger partial charge on any atom is -0.394 e. The first-order valence-electron chi connectivity index (χ1n) is 4.99. The first kappa shape index (κ1) is 13.9. The summed E-state index contributed by atoms with van der Waals surface area (Å²) in [4.78, 5) is 11.5. The van der Waals surface area contributed by atoms with Crippen LogP contribution < -0.4 is 5.32 Å². The number of hydrogen-bond donors (Lipinski definition) is 2. The number of amides is 1. The van der Waals surface area contributed by atoms with Gasteiger partial charge in [0.1, 0.15) is 5.92 Å². The summed E-state index contributed by atoms with van der Waals surface area (Å²) in [7, 11) is 1.49. The Morgan fingerprint density at radius 2 is 2.33 bits per heavy atom. The van der Waals surface area contributed by atoms with Crippen LogP contribution in [0, 0.1) is 17.2 Å². The van der Waals surface area contributed by atoms with Gasteiger partial charge in [0.25, 0.3) is 0 Å². The number of hydrogen-bond acceptors (Lipinski definition) is 4. The van der Waals surface area contributed by atoms with Crippen molar-refractivity contribution in [1.29, 1.82) is 5.26 Å². The maximum Gasteiger partial charge on any atom is 0.237 e. The van der Waals surface area contributed by atoms with Crippen molar-refractivity contribution in [3.05, 3.63) is 0 Å². The number of methoxy groups -OCH3 is 1. The Kier molecular flexibility index (Phi) is 7.60. The zero-order valence-electron chi connectivity index (χ0n) is 9.19. The van der Waals surface area contributed by atoms with Crippen LogP contribution in [0.5, 0.6) is 0 Å². The lowest BCUT2D eigenvalue weighted by Crippen LogP contribution is -2.43. The van der Waals surface area contributed by atoms with E-state index in [9.17, 15) is 4.79 Å². The predicted octanol–water partition coefficient (Wildman–Crippen LogP) is 0.0498. The van der Waals surface area contributed by atoms with Gasteiger partial charge in [-0.3, -0.25) is 4.79 Å². The molecule has 86 valence electrons. The van der Waals surface area contributed by atoms with Gasteiger partial charge in [0.15, 0.2) is 0 Å². The number of nitrogens with one attached hydrogen (secondary N) is 1. The Bertz CT molecular complexity index is 225. The lowest BCUT2D eigenvalue weighted by atomic mass is 10.0. The van der Waals surface area contributed by atoms with E-state index in [2.05, 4.69) is 5.32 Å². The lowest BCUT2D eigenvalue weighted by Gasteiger charge is -2.17. The van der Waals surface area contributed by atoms with E-state index in [1.54, 1.807) is 0 Å². The van der Waals surface area contributed by atoms with E-state index in [4.69, 9.17) is 15.1 Å². The highest BCUT2D eigenvalue weighted by molar-refractivity contribution is 5.81. The molecule has 2 unspecified atom stereocenters. The number of ether oxygens (including phenoxy) is 1. The molecule has 0 rings (SSSR count). The summed E-state index contributed by atoms with van der Waals surface area (Å²) >= 11 is 0. The van der Waals surface area contributed by atoms with Gasteiger partial charge in [-0.2, -0.15) is 5.26 Å². The van der Waals surface area contributed by atoms with Crippen molar-refractivity contribution in [2.24, 2.45) is 5.92 Å². The molecule has 5 heteroatoms. The molecule has 2 N–H and O–H groups in total. The van der Waals surface area contributed by atoms with E-state index in [-0.39, 0.29) is 19.1 Å². The molecule has 2 atom stereocenters. The van der Waals surface area contributed by atoms with Crippen LogP contribution in [0.1, 0.15) is 19.8 Å². The molecule has 0 aromatic heterocycles. The van der Waals surface area contributed by atoms with Crippen molar-refractivity contribution in [2.45, 2.75) is 25.8 Å². The highest BCUT2D eigenvalue weighted by atomic mass is 16.5. The van der Waals surface area contributed by atoms with Gasteiger partial charge in [-0.15, -0.1) is 0 Å². The maximum absolute atomic E-state index is 11.5. The zero-order chi connectivity index (χ0) is 11.7. The average molecular weight is 214 g/mol. The molecule has 5 nitrogen and oxygen atoms in total. The van der Waals surface area contributed by atoms with E-state index in [1.807, 2.05) is 13.0 Å². The van der Waals surface area contributed by atoms with Crippen LogP contribution in [0.15, 0.2) is 0 Å². The molecular weight excluding hydrogens is 196 g/mol. The fourth-order valence-electron chi connectivity index (χ4n) is 1.19. The van der Waals surface area contributed by atoms with Gasteiger partial charge in [0, 0.05) is 7.11 Å². The van der Waals surface area contributed by atoms with Crippen molar-refractivity contribution in [2.75, 3.05) is 20.3 Å². The number of nitriles is 1. The van der Waals surface area contributed by atoms with E-state index in [1.165, 1.54) is 7.11 Å². The standard InChI is InChI=1S/C10H18N2O3/c1-3-4-8(5-11)10(14)12-9(6-13)7-15-2/h8-9,13H,3-4,6-7H2,1-2H3,(H,12,14). The second kappa shape index (κ2) is 8.21. The van der Waals surface area contributed by atoms with Crippen LogP contribution in [-0.2, 0) is 9.53 Å². The molecule has 15 heavy (non-hydrogen) atoms. The molecule has 1 amide bonds. The quantitative estimate of drug-likeness (QED) is 0.627. The summed E-state index contributed by atoms with van der Waals surface area (Å²) in [6.45, 7) is 1.96. The molecule has 0 fully saturated rings. The summed E-state index contributed by atoms with van der Waals surface area (Å²) in [6, 6.07) is 1.50. The van der Waals surface area contributed by atoms with Gasteiger partial charge in [0.05, 0.1) is 25.3 Å². The molecule has 0 heterocycles. The number of aliphatic hydroxyl groups excluding tert-OH is 1. The van der Waals surface area contributed by atoms with Gasteiger partial charge >= 0.3 is 0 Å². The van der Waals surface area contributed by atoms with E-state index in [0.29, 0.717) is 6.42 Å². The topological polar surface area (TPSA) is 82.4 Å². The van der Waals surface area contributed by atoms with Gasteiger partial charge in [-0.1, -0.05) is 13.3 Å². The van der Waals surface area contributed by atoms with Crippen molar-refractivity contribution in [3.8, 4) is 6.07 Å². The third kappa shape index (κ3) is 5.35. The van der Waals surface area contributed by atoms with Crippen LogP contribution in [-0.4, -0.2) is 37.4 Å². The minimum absolute atomic E-state index is 0.191. The molecule has 0 saturated heterocycles. The van der Waals surface area contributed by atoms with Crippen LogP contribution in [0.4, 0.5) is 0 Å². The van der Waals surface area contributed by atoms with Gasteiger partial charge in [-0.25, -0.2) is 0 Å². The van der Waals surface area contributed by atoms with Crippen molar-refractivity contribution < 1.29 is 14.6 Å². The lowest BCUT2D eigenvalue weighted by molar-refractivity contribution is -0.125. The Morgan fingerprint density at radius 3 is 2.73 bits per heavy atom. The number of aliphatic hydroxyl groups is 1. The molecule has 0 aliphatic heterocycles. The average Bonchev–Trinajstić information content (AvgIpc) is 2.24. The Balaban J connectivity index is 4.13. The number of carbonyl (C=O) groups is 1. The summed E-state index contributed by atoms with van der Waals surface area (Å²) in [5, 5.41) is 20.2. The normalized spacial score (nSPS) is 14.0. The van der Waals surface area contributed by atoms with Gasteiger partial charge < -0.3 is 15.2 Å². The smallest absolute Gasteiger partial charge is 0.237 e. The molecule has 0 aromatic rings. The van der Waals surface area contributed by atoms with Crippen LogP contribution in [0.2, 0.25) is 0 Å². The third-order valence-electron chi connectivity index (χ3n) is 1.98. The van der Waals surface area contributed by atoms with Crippen LogP contribution in [0.3, 0.4) is 0 Å².